The van der Waals surface area contributed by atoms with Crippen LogP contribution in [-0.2, 0) is 4.74 Å². The molecule has 0 fully saturated rings. The van der Waals surface area contributed by atoms with Crippen molar-refractivity contribution < 1.29 is 9.13 Å². The Morgan fingerprint density at radius 3 is 2.44 bits per heavy atom. The molecule has 1 rings (SSSR count). The maximum Gasteiger partial charge on any atom is 0.128 e. The quantitative estimate of drug-likeness (QED) is 0.890. The molecule has 0 amide bonds. The van der Waals surface area contributed by atoms with Gasteiger partial charge in [0.1, 0.15) is 5.82 Å². The van der Waals surface area contributed by atoms with Crippen LogP contribution in [0.2, 0.25) is 0 Å². The first-order valence-electron chi connectivity index (χ1n) is 6.40. The van der Waals surface area contributed by atoms with Crippen molar-refractivity contribution in [2.75, 3.05) is 6.61 Å². The summed E-state index contributed by atoms with van der Waals surface area (Å²) in [5.74, 6) is -0.262. The Morgan fingerprint density at radius 2 is 1.94 bits per heavy atom. The number of rotatable bonds is 4. The molecule has 0 radical (unpaired) electrons. The molecule has 2 atom stereocenters. The van der Waals surface area contributed by atoms with E-state index in [-0.39, 0.29) is 17.3 Å². The van der Waals surface area contributed by atoms with Crippen LogP contribution in [0.25, 0.3) is 0 Å². The van der Waals surface area contributed by atoms with Crippen LogP contribution in [0, 0.1) is 18.2 Å². The van der Waals surface area contributed by atoms with Gasteiger partial charge in [-0.05, 0) is 25.3 Å². The standard InChI is InChI=1S/C15H24FNO/c1-6-18-14(15(3,4)5)13(17)11-9-10(2)7-8-12(11)16/h7-9,13-14H,6,17H2,1-5H3. The van der Waals surface area contributed by atoms with E-state index < -0.39 is 6.04 Å². The molecule has 18 heavy (non-hydrogen) atoms. The molecule has 2 unspecified atom stereocenters. The second kappa shape index (κ2) is 5.81. The maximum absolute atomic E-state index is 13.9. The fraction of sp³-hybridized carbons (Fsp3) is 0.600. The molecule has 0 bridgehead atoms. The lowest BCUT2D eigenvalue weighted by atomic mass is 9.82. The van der Waals surface area contributed by atoms with Gasteiger partial charge in [0.15, 0.2) is 0 Å². The van der Waals surface area contributed by atoms with Crippen molar-refractivity contribution in [3.05, 3.63) is 35.1 Å². The third-order valence-electron chi connectivity index (χ3n) is 3.04. The average Bonchev–Trinajstić information content (AvgIpc) is 2.27. The third-order valence-corrected chi connectivity index (χ3v) is 3.04. The van der Waals surface area contributed by atoms with Gasteiger partial charge in [-0.3, -0.25) is 0 Å². The van der Waals surface area contributed by atoms with Crippen LogP contribution in [-0.4, -0.2) is 12.7 Å². The molecular weight excluding hydrogens is 229 g/mol. The van der Waals surface area contributed by atoms with Gasteiger partial charge >= 0.3 is 0 Å². The SMILES string of the molecule is CCOC(C(N)c1cc(C)ccc1F)C(C)(C)C. The van der Waals surface area contributed by atoms with Crippen LogP contribution in [0.15, 0.2) is 18.2 Å². The van der Waals surface area contributed by atoms with Gasteiger partial charge in [-0.2, -0.15) is 0 Å². The zero-order chi connectivity index (χ0) is 13.9. The summed E-state index contributed by atoms with van der Waals surface area (Å²) in [6, 6.07) is 4.57. The second-order valence-corrected chi connectivity index (χ2v) is 5.79. The number of ether oxygens (including phenoxy) is 1. The molecule has 0 heterocycles. The van der Waals surface area contributed by atoms with Gasteiger partial charge in [-0.25, -0.2) is 4.39 Å². The summed E-state index contributed by atoms with van der Waals surface area (Å²) in [5.41, 5.74) is 7.62. The minimum atomic E-state index is -0.454. The number of hydrogen-bond donors (Lipinski definition) is 1. The van der Waals surface area contributed by atoms with Crippen LogP contribution in [0.5, 0.6) is 0 Å². The molecule has 0 saturated carbocycles. The monoisotopic (exact) mass is 253 g/mol. The Morgan fingerprint density at radius 1 is 1.33 bits per heavy atom. The fourth-order valence-corrected chi connectivity index (χ4v) is 2.15. The number of halogens is 1. The summed E-state index contributed by atoms with van der Waals surface area (Å²) in [7, 11) is 0. The van der Waals surface area contributed by atoms with Gasteiger partial charge in [0.05, 0.1) is 12.1 Å². The van der Waals surface area contributed by atoms with E-state index in [1.165, 1.54) is 6.07 Å². The predicted octanol–water partition coefficient (Wildman–Crippen LogP) is 3.59. The number of benzene rings is 1. The highest BCUT2D eigenvalue weighted by atomic mass is 19.1. The highest BCUT2D eigenvalue weighted by Gasteiger charge is 2.33. The molecule has 0 aliphatic carbocycles. The highest BCUT2D eigenvalue weighted by molar-refractivity contribution is 5.27. The lowest BCUT2D eigenvalue weighted by Crippen LogP contribution is -2.39. The molecule has 0 aliphatic rings. The molecule has 1 aromatic rings. The lowest BCUT2D eigenvalue weighted by Gasteiger charge is -2.35. The summed E-state index contributed by atoms with van der Waals surface area (Å²) in [6.45, 7) is 10.6. The fourth-order valence-electron chi connectivity index (χ4n) is 2.15. The van der Waals surface area contributed by atoms with Gasteiger partial charge in [-0.1, -0.05) is 38.5 Å². The molecule has 0 aromatic heterocycles. The van der Waals surface area contributed by atoms with Gasteiger partial charge in [0.25, 0.3) is 0 Å². The zero-order valence-corrected chi connectivity index (χ0v) is 12.0. The molecule has 2 nitrogen and oxygen atoms in total. The van der Waals surface area contributed by atoms with E-state index in [4.69, 9.17) is 10.5 Å². The van der Waals surface area contributed by atoms with Crippen LogP contribution in [0.3, 0.4) is 0 Å². The summed E-state index contributed by atoms with van der Waals surface area (Å²) in [4.78, 5) is 0. The first-order valence-corrected chi connectivity index (χ1v) is 6.40. The van der Waals surface area contributed by atoms with Crippen LogP contribution in [0.4, 0.5) is 4.39 Å². The number of hydrogen-bond acceptors (Lipinski definition) is 2. The largest absolute Gasteiger partial charge is 0.376 e. The van der Waals surface area contributed by atoms with E-state index in [0.717, 1.165) is 5.56 Å². The molecule has 0 spiro atoms. The first kappa shape index (κ1) is 15.1. The second-order valence-electron chi connectivity index (χ2n) is 5.79. The van der Waals surface area contributed by atoms with Crippen LogP contribution < -0.4 is 5.73 Å². The molecule has 3 heteroatoms. The van der Waals surface area contributed by atoms with Gasteiger partial charge in [-0.15, -0.1) is 0 Å². The Balaban J connectivity index is 3.09. The van der Waals surface area contributed by atoms with Crippen molar-refractivity contribution in [2.24, 2.45) is 11.1 Å². The Bertz CT molecular complexity index is 398. The van der Waals surface area contributed by atoms with E-state index in [1.54, 1.807) is 12.1 Å². The van der Waals surface area contributed by atoms with E-state index in [2.05, 4.69) is 20.8 Å². The molecule has 0 aliphatic heterocycles. The summed E-state index contributed by atoms with van der Waals surface area (Å²) < 4.78 is 19.6. The van der Waals surface area contributed by atoms with Crippen molar-refractivity contribution in [3.8, 4) is 0 Å². The maximum atomic E-state index is 13.9. The number of aryl methyl sites for hydroxylation is 1. The van der Waals surface area contributed by atoms with E-state index in [0.29, 0.717) is 12.2 Å². The van der Waals surface area contributed by atoms with E-state index >= 15 is 0 Å². The van der Waals surface area contributed by atoms with Gasteiger partial charge in [0, 0.05) is 12.2 Å². The smallest absolute Gasteiger partial charge is 0.128 e. The average molecular weight is 253 g/mol. The normalized spacial score (nSPS) is 15.5. The van der Waals surface area contributed by atoms with Crippen molar-refractivity contribution in [1.29, 1.82) is 0 Å². The van der Waals surface area contributed by atoms with Crippen LogP contribution >= 0.6 is 0 Å². The van der Waals surface area contributed by atoms with Crippen LogP contribution in [0.1, 0.15) is 44.9 Å². The minimum absolute atomic E-state index is 0.133. The summed E-state index contributed by atoms with van der Waals surface area (Å²) in [6.07, 6.45) is -0.209. The minimum Gasteiger partial charge on any atom is -0.376 e. The lowest BCUT2D eigenvalue weighted by molar-refractivity contribution is -0.0289. The van der Waals surface area contributed by atoms with E-state index in [1.807, 2.05) is 13.8 Å². The molecular formula is C15H24FNO. The molecule has 0 saturated heterocycles. The van der Waals surface area contributed by atoms with Crippen molar-refractivity contribution in [1.82, 2.24) is 0 Å². The zero-order valence-electron chi connectivity index (χ0n) is 12.0. The van der Waals surface area contributed by atoms with Crippen molar-refractivity contribution in [3.63, 3.8) is 0 Å². The first-order chi connectivity index (χ1) is 8.27. The molecule has 2 N–H and O–H groups in total. The topological polar surface area (TPSA) is 35.2 Å². The van der Waals surface area contributed by atoms with Gasteiger partial charge in [0.2, 0.25) is 0 Å². The molecule has 102 valence electrons. The Labute approximate surface area is 109 Å². The predicted molar refractivity (Wildman–Crippen MR) is 72.9 cm³/mol. The van der Waals surface area contributed by atoms with Gasteiger partial charge < -0.3 is 10.5 Å². The Hall–Kier alpha value is -0.930. The summed E-state index contributed by atoms with van der Waals surface area (Å²) in [5, 5.41) is 0. The molecule has 1 aromatic carbocycles. The van der Waals surface area contributed by atoms with E-state index in [9.17, 15) is 4.39 Å². The third kappa shape index (κ3) is 3.53. The Kier molecular flexibility index (Phi) is 4.88. The summed E-state index contributed by atoms with van der Waals surface area (Å²) >= 11 is 0. The van der Waals surface area contributed by atoms with Crippen molar-refractivity contribution >= 4 is 0 Å². The van der Waals surface area contributed by atoms with Crippen molar-refractivity contribution in [2.45, 2.75) is 46.8 Å². The highest BCUT2D eigenvalue weighted by Crippen LogP contribution is 2.32. The number of nitrogens with two attached hydrogens (primary N) is 1.